The lowest BCUT2D eigenvalue weighted by Crippen LogP contribution is -2.45. The number of anilines is 1. The Morgan fingerprint density at radius 3 is 2.38 bits per heavy atom. The molecule has 1 aromatic carbocycles. The van der Waals surface area contributed by atoms with Crippen LogP contribution in [0.2, 0.25) is 0 Å². The number of halogens is 2. The van der Waals surface area contributed by atoms with Crippen molar-refractivity contribution < 1.29 is 9.90 Å². The number of hydrogen-bond acceptors (Lipinski definition) is 1. The summed E-state index contributed by atoms with van der Waals surface area (Å²) in [6.45, 7) is 5.61. The van der Waals surface area contributed by atoms with Gasteiger partial charge in [0.25, 0.3) is 0 Å². The highest BCUT2D eigenvalue weighted by Crippen LogP contribution is 2.29. The summed E-state index contributed by atoms with van der Waals surface area (Å²) in [5.41, 5.74) is 0.232. The molecule has 0 atom stereocenters. The largest absolute Gasteiger partial charge is 0.465 e. The Labute approximate surface area is 117 Å². The zero-order chi connectivity index (χ0) is 12.5. The van der Waals surface area contributed by atoms with E-state index in [9.17, 15) is 9.90 Å². The predicted molar refractivity (Wildman–Crippen MR) is 77.1 cm³/mol. The standard InChI is InChI=1S/C11H13BrINO2/c1-11(2,3)14(10(15)16)7-4-5-8(12)9(13)6-7/h4-6H,1-3H3,(H,15,16). The number of amides is 1. The van der Waals surface area contributed by atoms with Gasteiger partial charge in [-0.3, -0.25) is 4.90 Å². The van der Waals surface area contributed by atoms with Crippen LogP contribution in [0.25, 0.3) is 0 Å². The van der Waals surface area contributed by atoms with Gasteiger partial charge in [-0.1, -0.05) is 0 Å². The van der Waals surface area contributed by atoms with Crippen molar-refractivity contribution in [1.29, 1.82) is 0 Å². The highest BCUT2D eigenvalue weighted by Gasteiger charge is 2.27. The summed E-state index contributed by atoms with van der Waals surface area (Å²) in [5, 5.41) is 9.23. The molecule has 1 amide bonds. The van der Waals surface area contributed by atoms with Crippen molar-refractivity contribution >= 4 is 50.3 Å². The van der Waals surface area contributed by atoms with Gasteiger partial charge in [0.1, 0.15) is 0 Å². The smallest absolute Gasteiger partial charge is 0.412 e. The molecule has 5 heteroatoms. The van der Waals surface area contributed by atoms with Crippen molar-refractivity contribution in [2.45, 2.75) is 26.3 Å². The van der Waals surface area contributed by atoms with Crippen LogP contribution < -0.4 is 4.90 Å². The average molecular weight is 398 g/mol. The van der Waals surface area contributed by atoms with E-state index in [1.54, 1.807) is 6.07 Å². The van der Waals surface area contributed by atoms with E-state index in [1.165, 1.54) is 4.90 Å². The number of carbonyl (C=O) groups is 1. The Bertz CT molecular complexity index is 415. The van der Waals surface area contributed by atoms with Gasteiger partial charge < -0.3 is 5.11 Å². The molecule has 0 saturated carbocycles. The molecule has 0 aliphatic carbocycles. The van der Waals surface area contributed by atoms with Gasteiger partial charge in [0.2, 0.25) is 0 Å². The molecule has 0 spiro atoms. The Hall–Kier alpha value is -0.300. The molecule has 0 aromatic heterocycles. The first-order valence-corrected chi connectivity index (χ1v) is 6.59. The molecule has 3 nitrogen and oxygen atoms in total. The van der Waals surface area contributed by atoms with Crippen molar-refractivity contribution in [2.24, 2.45) is 0 Å². The highest BCUT2D eigenvalue weighted by molar-refractivity contribution is 14.1. The second kappa shape index (κ2) is 4.91. The molecule has 16 heavy (non-hydrogen) atoms. The van der Waals surface area contributed by atoms with Gasteiger partial charge in [-0.25, -0.2) is 4.79 Å². The molecule has 0 bridgehead atoms. The van der Waals surface area contributed by atoms with Crippen LogP contribution >= 0.6 is 38.5 Å². The highest BCUT2D eigenvalue weighted by atomic mass is 127. The summed E-state index contributed by atoms with van der Waals surface area (Å²) < 4.78 is 1.96. The molecule has 0 heterocycles. The molecule has 0 fully saturated rings. The van der Waals surface area contributed by atoms with Crippen LogP contribution in [0.15, 0.2) is 22.7 Å². The summed E-state index contributed by atoms with van der Waals surface area (Å²) in [6, 6.07) is 5.51. The number of carboxylic acid groups (broad SMARTS) is 1. The number of rotatable bonds is 1. The summed E-state index contributed by atoms with van der Waals surface area (Å²) >= 11 is 5.56. The van der Waals surface area contributed by atoms with Gasteiger partial charge >= 0.3 is 6.09 Å². The third kappa shape index (κ3) is 3.10. The number of hydrogen-bond donors (Lipinski definition) is 1. The van der Waals surface area contributed by atoms with Gasteiger partial charge in [0, 0.05) is 19.3 Å². The average Bonchev–Trinajstić information content (AvgIpc) is 2.08. The molecule has 88 valence electrons. The van der Waals surface area contributed by atoms with Crippen LogP contribution in [0.5, 0.6) is 0 Å². The fraction of sp³-hybridized carbons (Fsp3) is 0.364. The van der Waals surface area contributed by atoms with Crippen LogP contribution in [-0.2, 0) is 0 Å². The monoisotopic (exact) mass is 397 g/mol. The Kier molecular flexibility index (Phi) is 4.23. The molecule has 0 saturated heterocycles. The maximum Gasteiger partial charge on any atom is 0.412 e. The lowest BCUT2D eigenvalue weighted by molar-refractivity contribution is 0.195. The Morgan fingerprint density at radius 2 is 2.00 bits per heavy atom. The van der Waals surface area contributed by atoms with E-state index in [0.717, 1.165) is 8.04 Å². The van der Waals surface area contributed by atoms with E-state index >= 15 is 0 Å². The van der Waals surface area contributed by atoms with Crippen LogP contribution in [0.3, 0.4) is 0 Å². The minimum Gasteiger partial charge on any atom is -0.465 e. The molecule has 0 radical (unpaired) electrons. The van der Waals surface area contributed by atoms with E-state index in [2.05, 4.69) is 38.5 Å². The maximum atomic E-state index is 11.3. The molecular formula is C11H13BrINO2. The molecule has 0 aliphatic heterocycles. The molecule has 1 aromatic rings. The first kappa shape index (κ1) is 13.8. The summed E-state index contributed by atoms with van der Waals surface area (Å²) in [4.78, 5) is 12.6. The van der Waals surface area contributed by atoms with Gasteiger partial charge in [-0.2, -0.15) is 0 Å². The number of nitrogens with zero attached hydrogens (tertiary/aromatic N) is 1. The minimum atomic E-state index is -0.939. The van der Waals surface area contributed by atoms with Crippen LogP contribution in [0, 0.1) is 3.57 Å². The lowest BCUT2D eigenvalue weighted by Gasteiger charge is -2.33. The fourth-order valence-electron chi connectivity index (χ4n) is 1.41. The van der Waals surface area contributed by atoms with E-state index in [-0.39, 0.29) is 0 Å². The second-order valence-electron chi connectivity index (χ2n) is 4.39. The van der Waals surface area contributed by atoms with E-state index in [1.807, 2.05) is 32.9 Å². The first-order chi connectivity index (χ1) is 7.23. The van der Waals surface area contributed by atoms with Crippen molar-refractivity contribution in [1.82, 2.24) is 0 Å². The van der Waals surface area contributed by atoms with Crippen LogP contribution in [0.1, 0.15) is 20.8 Å². The lowest BCUT2D eigenvalue weighted by atomic mass is 10.1. The zero-order valence-corrected chi connectivity index (χ0v) is 13.0. The second-order valence-corrected chi connectivity index (χ2v) is 6.40. The van der Waals surface area contributed by atoms with E-state index < -0.39 is 11.6 Å². The minimum absolute atomic E-state index is 0.456. The van der Waals surface area contributed by atoms with Gasteiger partial charge in [-0.15, -0.1) is 0 Å². The van der Waals surface area contributed by atoms with Gasteiger partial charge in [0.05, 0.1) is 0 Å². The van der Waals surface area contributed by atoms with Crippen molar-refractivity contribution in [2.75, 3.05) is 4.90 Å². The Morgan fingerprint density at radius 1 is 1.44 bits per heavy atom. The van der Waals surface area contributed by atoms with E-state index in [0.29, 0.717) is 5.69 Å². The summed E-state index contributed by atoms with van der Waals surface area (Å²) in [5.74, 6) is 0. The first-order valence-electron chi connectivity index (χ1n) is 4.71. The topological polar surface area (TPSA) is 40.5 Å². The molecule has 0 unspecified atom stereocenters. The normalized spacial score (nSPS) is 11.3. The van der Waals surface area contributed by atoms with Gasteiger partial charge in [-0.05, 0) is 77.5 Å². The molecular weight excluding hydrogens is 385 g/mol. The predicted octanol–water partition coefficient (Wildman–Crippen LogP) is 4.34. The maximum absolute atomic E-state index is 11.3. The van der Waals surface area contributed by atoms with Crippen molar-refractivity contribution in [3.05, 3.63) is 26.2 Å². The fourth-order valence-corrected chi connectivity index (χ4v) is 2.15. The van der Waals surface area contributed by atoms with Crippen LogP contribution in [-0.4, -0.2) is 16.7 Å². The molecule has 1 N–H and O–H groups in total. The van der Waals surface area contributed by atoms with Crippen molar-refractivity contribution in [3.8, 4) is 0 Å². The van der Waals surface area contributed by atoms with E-state index in [4.69, 9.17) is 0 Å². The van der Waals surface area contributed by atoms with Crippen LogP contribution in [0.4, 0.5) is 10.5 Å². The number of benzene rings is 1. The summed E-state index contributed by atoms with van der Waals surface area (Å²) in [6.07, 6.45) is -0.939. The molecule has 0 aliphatic rings. The third-order valence-corrected chi connectivity index (χ3v) is 4.35. The Balaban J connectivity index is 3.22. The zero-order valence-electron chi connectivity index (χ0n) is 9.29. The summed E-state index contributed by atoms with van der Waals surface area (Å²) in [7, 11) is 0. The third-order valence-electron chi connectivity index (χ3n) is 2.02. The van der Waals surface area contributed by atoms with Crippen molar-refractivity contribution in [3.63, 3.8) is 0 Å². The SMILES string of the molecule is CC(C)(C)N(C(=O)O)c1ccc(Br)c(I)c1. The molecule has 1 rings (SSSR count). The van der Waals surface area contributed by atoms with Gasteiger partial charge in [0.15, 0.2) is 0 Å². The quantitative estimate of drug-likeness (QED) is 0.716.